The lowest BCUT2D eigenvalue weighted by Gasteiger charge is -2.37. The number of para-hydroxylation sites is 1. The number of benzene rings is 2. The molecule has 2 heterocycles. The number of thioether (sulfide) groups is 1. The van der Waals surface area contributed by atoms with Crippen molar-refractivity contribution in [3.63, 3.8) is 0 Å². The Kier molecular flexibility index (Phi) is 8.99. The van der Waals surface area contributed by atoms with Gasteiger partial charge < -0.3 is 15.1 Å². The molecule has 1 unspecified atom stereocenters. The zero-order chi connectivity index (χ0) is 25.7. The molecule has 1 fully saturated rings. The van der Waals surface area contributed by atoms with E-state index >= 15 is 0 Å². The van der Waals surface area contributed by atoms with Crippen LogP contribution in [-0.2, 0) is 5.75 Å². The van der Waals surface area contributed by atoms with E-state index in [0.717, 1.165) is 48.3 Å². The minimum Gasteiger partial charge on any atom is -0.367 e. The smallest absolute Gasteiger partial charge is 0.251 e. The van der Waals surface area contributed by atoms with Gasteiger partial charge in [0.1, 0.15) is 11.0 Å². The fraction of sp³-hybridized carbons (Fsp3) is 0.370. The molecule has 3 aromatic rings. The number of anilines is 2. The molecule has 1 atom stereocenters. The van der Waals surface area contributed by atoms with E-state index in [9.17, 15) is 4.79 Å². The molecule has 0 bridgehead atoms. The lowest BCUT2D eigenvalue weighted by molar-refractivity contribution is 0.0930. The zero-order valence-electron chi connectivity index (χ0n) is 20.7. The highest BCUT2D eigenvalue weighted by atomic mass is 35.5. The molecule has 1 amide bonds. The lowest BCUT2D eigenvalue weighted by atomic mass is 10.1. The fourth-order valence-corrected chi connectivity index (χ4v) is 5.15. The maximum atomic E-state index is 12.4. The Bertz CT molecular complexity index is 1180. The van der Waals surface area contributed by atoms with Gasteiger partial charge in [-0.1, -0.05) is 73.1 Å². The monoisotopic (exact) mass is 543 g/mol. The standard InChI is InChI=1S/C27H31Cl2N5OS/c1-18(2)19(3)30-26(35)21-10-8-20(9-11-21)17-36-27-31-24(29)16-25(32-27)34-14-12-33(13-15-34)23-7-5-4-6-22(23)28/h4-11,16,18-19H,12-15,17H2,1-3H3,(H,30,35). The summed E-state index contributed by atoms with van der Waals surface area (Å²) < 4.78 is 0. The van der Waals surface area contributed by atoms with Crippen molar-refractivity contribution in [1.29, 1.82) is 0 Å². The van der Waals surface area contributed by atoms with E-state index in [0.29, 0.717) is 27.5 Å². The number of carbonyl (C=O) groups excluding carboxylic acids is 1. The topological polar surface area (TPSA) is 61.4 Å². The number of hydrogen-bond acceptors (Lipinski definition) is 6. The SMILES string of the molecule is CC(C)C(C)NC(=O)c1ccc(CSc2nc(Cl)cc(N3CCN(c4ccccc4Cl)CC3)n2)cc1. The van der Waals surface area contributed by atoms with Gasteiger partial charge in [-0.05, 0) is 42.7 Å². The van der Waals surface area contributed by atoms with Gasteiger partial charge in [-0.2, -0.15) is 0 Å². The molecular weight excluding hydrogens is 513 g/mol. The molecule has 6 nitrogen and oxygen atoms in total. The maximum Gasteiger partial charge on any atom is 0.251 e. The third-order valence-corrected chi connectivity index (χ3v) is 7.83. The number of rotatable bonds is 8. The molecule has 1 N–H and O–H groups in total. The molecule has 9 heteroatoms. The van der Waals surface area contributed by atoms with Gasteiger partial charge in [-0.25, -0.2) is 9.97 Å². The first kappa shape index (κ1) is 26.6. The summed E-state index contributed by atoms with van der Waals surface area (Å²) in [6, 6.07) is 17.6. The number of nitrogens with one attached hydrogen (secondary N) is 1. The Morgan fingerprint density at radius 2 is 1.64 bits per heavy atom. The molecule has 0 spiro atoms. The highest BCUT2D eigenvalue weighted by Crippen LogP contribution is 2.29. The summed E-state index contributed by atoms with van der Waals surface area (Å²) in [5.74, 6) is 1.86. The highest BCUT2D eigenvalue weighted by molar-refractivity contribution is 7.98. The second-order valence-corrected chi connectivity index (χ2v) is 11.0. The molecule has 1 aromatic heterocycles. The van der Waals surface area contributed by atoms with Crippen molar-refractivity contribution in [1.82, 2.24) is 15.3 Å². The molecule has 0 radical (unpaired) electrons. The summed E-state index contributed by atoms with van der Waals surface area (Å²) in [4.78, 5) is 26.1. The maximum absolute atomic E-state index is 12.4. The third-order valence-electron chi connectivity index (χ3n) is 6.40. The summed E-state index contributed by atoms with van der Waals surface area (Å²) in [5.41, 5.74) is 2.81. The lowest BCUT2D eigenvalue weighted by Crippen LogP contribution is -2.47. The van der Waals surface area contributed by atoms with Crippen molar-refractivity contribution < 1.29 is 4.79 Å². The number of halogens is 2. The van der Waals surface area contributed by atoms with Gasteiger partial charge in [-0.3, -0.25) is 4.79 Å². The van der Waals surface area contributed by atoms with Crippen molar-refractivity contribution in [3.05, 3.63) is 75.9 Å². The van der Waals surface area contributed by atoms with Gasteiger partial charge in [0.05, 0.1) is 10.7 Å². The van der Waals surface area contributed by atoms with Crippen molar-refractivity contribution in [2.75, 3.05) is 36.0 Å². The van der Waals surface area contributed by atoms with Crippen LogP contribution in [-0.4, -0.2) is 48.1 Å². The number of piperazine rings is 1. The molecule has 190 valence electrons. The number of hydrogen-bond donors (Lipinski definition) is 1. The summed E-state index contributed by atoms with van der Waals surface area (Å²) >= 11 is 14.3. The second-order valence-electron chi connectivity index (χ2n) is 9.25. The van der Waals surface area contributed by atoms with Gasteiger partial charge >= 0.3 is 0 Å². The van der Waals surface area contributed by atoms with Crippen LogP contribution in [0.4, 0.5) is 11.5 Å². The van der Waals surface area contributed by atoms with E-state index in [1.807, 2.05) is 55.5 Å². The first-order valence-electron chi connectivity index (χ1n) is 12.1. The predicted molar refractivity (Wildman–Crippen MR) is 151 cm³/mol. The van der Waals surface area contributed by atoms with E-state index in [1.54, 1.807) is 0 Å². The second kappa shape index (κ2) is 12.2. The summed E-state index contributed by atoms with van der Waals surface area (Å²) in [6.07, 6.45) is 0. The van der Waals surface area contributed by atoms with Gasteiger partial charge in [0, 0.05) is 49.6 Å². The van der Waals surface area contributed by atoms with Crippen molar-refractivity contribution >= 4 is 52.4 Å². The van der Waals surface area contributed by atoms with Crippen LogP contribution in [0.25, 0.3) is 0 Å². The van der Waals surface area contributed by atoms with Crippen LogP contribution in [0.15, 0.2) is 59.8 Å². The van der Waals surface area contributed by atoms with E-state index in [1.165, 1.54) is 11.8 Å². The quantitative estimate of drug-likeness (QED) is 0.208. The van der Waals surface area contributed by atoms with E-state index in [2.05, 4.69) is 40.0 Å². The predicted octanol–water partition coefficient (Wildman–Crippen LogP) is 6.18. The van der Waals surface area contributed by atoms with Gasteiger partial charge in [0.15, 0.2) is 5.16 Å². The number of amides is 1. The Balaban J connectivity index is 1.34. The van der Waals surface area contributed by atoms with Gasteiger partial charge in [-0.15, -0.1) is 0 Å². The van der Waals surface area contributed by atoms with Crippen LogP contribution in [0.3, 0.4) is 0 Å². The molecular formula is C27H31Cl2N5OS. The molecule has 1 aliphatic heterocycles. The van der Waals surface area contributed by atoms with Crippen LogP contribution in [0.5, 0.6) is 0 Å². The first-order chi connectivity index (χ1) is 17.3. The molecule has 2 aromatic carbocycles. The first-order valence-corrected chi connectivity index (χ1v) is 13.9. The van der Waals surface area contributed by atoms with Crippen molar-refractivity contribution in [2.24, 2.45) is 5.92 Å². The van der Waals surface area contributed by atoms with Crippen LogP contribution < -0.4 is 15.1 Å². The summed E-state index contributed by atoms with van der Waals surface area (Å²) in [6.45, 7) is 9.55. The van der Waals surface area contributed by atoms with Gasteiger partial charge in [0.25, 0.3) is 5.91 Å². The fourth-order valence-electron chi connectivity index (χ4n) is 3.85. The number of carbonyl (C=O) groups is 1. The molecule has 0 saturated carbocycles. The Morgan fingerprint density at radius 1 is 0.972 bits per heavy atom. The highest BCUT2D eigenvalue weighted by Gasteiger charge is 2.21. The zero-order valence-corrected chi connectivity index (χ0v) is 23.1. The van der Waals surface area contributed by atoms with Crippen molar-refractivity contribution in [3.8, 4) is 0 Å². The van der Waals surface area contributed by atoms with Crippen LogP contribution in [0, 0.1) is 5.92 Å². The minimum absolute atomic E-state index is 0.0483. The average Bonchev–Trinajstić information content (AvgIpc) is 2.88. The van der Waals surface area contributed by atoms with E-state index in [4.69, 9.17) is 28.2 Å². The largest absolute Gasteiger partial charge is 0.367 e. The minimum atomic E-state index is -0.0483. The summed E-state index contributed by atoms with van der Waals surface area (Å²) in [5, 5.41) is 4.88. The van der Waals surface area contributed by atoms with Crippen LogP contribution in [0.2, 0.25) is 10.2 Å². The Labute approximate surface area is 227 Å². The molecule has 1 saturated heterocycles. The van der Waals surface area contributed by atoms with Gasteiger partial charge in [0.2, 0.25) is 0 Å². The van der Waals surface area contributed by atoms with E-state index in [-0.39, 0.29) is 11.9 Å². The molecule has 0 aliphatic carbocycles. The van der Waals surface area contributed by atoms with E-state index < -0.39 is 0 Å². The summed E-state index contributed by atoms with van der Waals surface area (Å²) in [7, 11) is 0. The number of nitrogens with zero attached hydrogens (tertiary/aromatic N) is 4. The molecule has 1 aliphatic rings. The molecule has 4 rings (SSSR count). The Hall–Kier alpha value is -2.48. The van der Waals surface area contributed by atoms with Crippen LogP contribution >= 0.6 is 35.0 Å². The third kappa shape index (κ3) is 6.84. The normalized spacial score (nSPS) is 14.7. The molecule has 36 heavy (non-hydrogen) atoms. The average molecular weight is 545 g/mol. The van der Waals surface area contributed by atoms with Crippen molar-refractivity contribution in [2.45, 2.75) is 37.7 Å². The van der Waals surface area contributed by atoms with Crippen LogP contribution in [0.1, 0.15) is 36.7 Å². The number of aromatic nitrogens is 2. The Morgan fingerprint density at radius 3 is 2.31 bits per heavy atom.